The highest BCUT2D eigenvalue weighted by atomic mass is 16.4. The summed E-state index contributed by atoms with van der Waals surface area (Å²) in [6, 6.07) is 0. The minimum atomic E-state index is -0.961. The van der Waals surface area contributed by atoms with Crippen LogP contribution in [0.25, 0.3) is 0 Å². The molecule has 0 N–H and O–H groups in total. The number of nitrogens with zero attached hydrogens (tertiary/aromatic N) is 1. The van der Waals surface area contributed by atoms with Gasteiger partial charge in [0.1, 0.15) is 0 Å². The lowest BCUT2D eigenvalue weighted by atomic mass is 10.2. The Bertz CT molecular complexity index is 159. The van der Waals surface area contributed by atoms with E-state index in [4.69, 9.17) is 0 Å². The molecule has 0 saturated heterocycles. The topological polar surface area (TPSA) is 43.4 Å². The molecule has 0 radical (unpaired) electrons. The third-order valence-corrected chi connectivity index (χ3v) is 3.00. The molecule has 0 saturated carbocycles. The molecule has 0 aromatic carbocycles. The summed E-state index contributed by atoms with van der Waals surface area (Å²) >= 11 is 0. The molecule has 0 heterocycles. The van der Waals surface area contributed by atoms with E-state index in [0.717, 1.165) is 0 Å². The zero-order valence-electron chi connectivity index (χ0n) is 14.8. The number of carboxylic acids is 1. The van der Waals surface area contributed by atoms with E-state index in [-0.39, 0.29) is 6.42 Å². The first kappa shape index (κ1) is 24.4. The van der Waals surface area contributed by atoms with E-state index < -0.39 is 5.97 Å². The lowest BCUT2D eigenvalue weighted by Crippen LogP contribution is -2.21. The van der Waals surface area contributed by atoms with Gasteiger partial charge in [-0.1, -0.05) is 80.1 Å². The predicted octanol–water partition coefficient (Wildman–Crippen LogP) is 3.86. The van der Waals surface area contributed by atoms with Crippen molar-refractivity contribution in [3.63, 3.8) is 0 Å². The van der Waals surface area contributed by atoms with E-state index in [9.17, 15) is 9.90 Å². The van der Waals surface area contributed by atoms with Crippen LogP contribution in [0.3, 0.4) is 0 Å². The van der Waals surface area contributed by atoms with Crippen LogP contribution in [0.4, 0.5) is 0 Å². The third kappa shape index (κ3) is 30.5. The summed E-state index contributed by atoms with van der Waals surface area (Å²) in [5.41, 5.74) is 0. The largest absolute Gasteiger partial charge is 0.550 e. The van der Waals surface area contributed by atoms with Crippen LogP contribution in [0.5, 0.6) is 0 Å². The Balaban J connectivity index is -0.000000218. The fraction of sp³-hybridized carbons (Fsp3) is 0.941. The molecule has 0 atom stereocenters. The molecule has 3 nitrogen and oxygen atoms in total. The molecule has 3 heteroatoms. The van der Waals surface area contributed by atoms with Crippen molar-refractivity contribution in [2.24, 2.45) is 0 Å². The second-order valence-electron chi connectivity index (χ2n) is 4.80. The maximum Gasteiger partial charge on any atom is 0.0414 e. The van der Waals surface area contributed by atoms with Crippen molar-refractivity contribution < 1.29 is 9.90 Å². The summed E-state index contributed by atoms with van der Waals surface area (Å²) < 4.78 is 0. The predicted molar refractivity (Wildman–Crippen MR) is 87.8 cm³/mol. The highest BCUT2D eigenvalue weighted by Crippen LogP contribution is 2.00. The number of hydrogen-bond donors (Lipinski definition) is 0. The molecule has 0 amide bonds. The van der Waals surface area contributed by atoms with Crippen molar-refractivity contribution in [1.29, 1.82) is 0 Å². The van der Waals surface area contributed by atoms with Gasteiger partial charge in [0.15, 0.2) is 0 Å². The maximum absolute atomic E-state index is 9.49. The minimum Gasteiger partial charge on any atom is -0.550 e. The quantitative estimate of drug-likeness (QED) is 0.605. The van der Waals surface area contributed by atoms with E-state index in [1.165, 1.54) is 51.7 Å². The van der Waals surface area contributed by atoms with Crippen molar-refractivity contribution in [1.82, 2.24) is 4.90 Å². The average Bonchev–Trinajstić information content (AvgIpc) is 2.43. The van der Waals surface area contributed by atoms with Gasteiger partial charge in [0.2, 0.25) is 0 Å². The SMILES string of the molecule is CCCC(=O)[O-].CCCCCCC.CCN(CC)CC. The smallest absolute Gasteiger partial charge is 0.0414 e. The van der Waals surface area contributed by atoms with Crippen LogP contribution in [0, 0.1) is 0 Å². The number of hydrogen-bond acceptors (Lipinski definition) is 3. The Labute approximate surface area is 127 Å². The zero-order valence-corrected chi connectivity index (χ0v) is 14.8. The maximum atomic E-state index is 9.49. The fourth-order valence-electron chi connectivity index (χ4n) is 1.55. The zero-order chi connectivity index (χ0) is 16.2. The first-order chi connectivity index (χ1) is 9.53. The lowest BCUT2D eigenvalue weighted by molar-refractivity contribution is -0.305. The summed E-state index contributed by atoms with van der Waals surface area (Å²) in [4.78, 5) is 11.9. The Morgan fingerprint density at radius 3 is 1.25 bits per heavy atom. The van der Waals surface area contributed by atoms with Gasteiger partial charge >= 0.3 is 0 Å². The van der Waals surface area contributed by atoms with E-state index in [1.807, 2.05) is 0 Å². The standard InChI is InChI=1S/C7H16.C6H15N.C4H8O2/c1-3-5-7-6-4-2;1-4-7(5-2)6-3;1-2-3-4(5)6/h3-7H2,1-2H3;4-6H2,1-3H3;2-3H2,1H3,(H,5,6)/p-1. The Hall–Kier alpha value is -0.570. The normalized spacial score (nSPS) is 9.35. The van der Waals surface area contributed by atoms with E-state index >= 15 is 0 Å². The number of carbonyl (C=O) groups excluding carboxylic acids is 1. The van der Waals surface area contributed by atoms with Gasteiger partial charge in [-0.2, -0.15) is 0 Å². The van der Waals surface area contributed by atoms with Gasteiger partial charge in [-0.05, 0) is 26.1 Å². The number of rotatable bonds is 9. The molecule has 0 aromatic rings. The third-order valence-electron chi connectivity index (χ3n) is 3.00. The summed E-state index contributed by atoms with van der Waals surface area (Å²) in [5.74, 6) is -0.961. The Morgan fingerprint density at radius 2 is 1.15 bits per heavy atom. The van der Waals surface area contributed by atoms with Crippen LogP contribution < -0.4 is 5.11 Å². The van der Waals surface area contributed by atoms with Gasteiger partial charge in [0, 0.05) is 5.97 Å². The summed E-state index contributed by atoms with van der Waals surface area (Å²) in [5, 5.41) is 9.49. The van der Waals surface area contributed by atoms with Crippen LogP contribution in [-0.4, -0.2) is 30.5 Å². The van der Waals surface area contributed by atoms with Crippen molar-refractivity contribution in [2.45, 2.75) is 86.5 Å². The van der Waals surface area contributed by atoms with Gasteiger partial charge in [-0.25, -0.2) is 0 Å². The molecule has 20 heavy (non-hydrogen) atoms. The molecule has 0 bridgehead atoms. The molecule has 0 aromatic heterocycles. The molecular weight excluding hydrogens is 250 g/mol. The monoisotopic (exact) mass is 288 g/mol. The van der Waals surface area contributed by atoms with E-state index in [0.29, 0.717) is 6.42 Å². The summed E-state index contributed by atoms with van der Waals surface area (Å²) in [6.45, 7) is 16.4. The minimum absolute atomic E-state index is 0.181. The number of unbranched alkanes of at least 4 members (excludes halogenated alkanes) is 4. The highest BCUT2D eigenvalue weighted by molar-refractivity contribution is 5.63. The van der Waals surface area contributed by atoms with Gasteiger partial charge in [0.25, 0.3) is 0 Å². The molecule has 0 unspecified atom stereocenters. The molecule has 0 aliphatic heterocycles. The molecule has 0 spiro atoms. The highest BCUT2D eigenvalue weighted by Gasteiger charge is 1.89. The second-order valence-corrected chi connectivity index (χ2v) is 4.80. The van der Waals surface area contributed by atoms with Gasteiger partial charge in [0.05, 0.1) is 0 Å². The van der Waals surface area contributed by atoms with E-state index in [1.54, 1.807) is 6.92 Å². The van der Waals surface area contributed by atoms with Gasteiger partial charge in [-0.3, -0.25) is 0 Å². The summed E-state index contributed by atoms with van der Waals surface area (Å²) in [7, 11) is 0. The molecule has 0 rings (SSSR count). The van der Waals surface area contributed by atoms with Crippen LogP contribution in [0.2, 0.25) is 0 Å². The van der Waals surface area contributed by atoms with Gasteiger partial charge < -0.3 is 14.8 Å². The van der Waals surface area contributed by atoms with Crippen molar-refractivity contribution in [3.8, 4) is 0 Å². The molecule has 0 aliphatic carbocycles. The van der Waals surface area contributed by atoms with Crippen molar-refractivity contribution in [3.05, 3.63) is 0 Å². The lowest BCUT2D eigenvalue weighted by Gasteiger charge is -2.13. The van der Waals surface area contributed by atoms with E-state index in [2.05, 4.69) is 39.5 Å². The Kier molecular flexibility index (Phi) is 28.7. The average molecular weight is 288 g/mol. The molecule has 124 valence electrons. The number of carbonyl (C=O) groups is 1. The van der Waals surface area contributed by atoms with Crippen LogP contribution in [0.1, 0.15) is 86.5 Å². The first-order valence-corrected chi connectivity index (χ1v) is 8.45. The van der Waals surface area contributed by atoms with Crippen LogP contribution >= 0.6 is 0 Å². The number of aliphatic carboxylic acids is 1. The van der Waals surface area contributed by atoms with Gasteiger partial charge in [-0.15, -0.1) is 0 Å². The molecule has 0 aliphatic rings. The second kappa shape index (κ2) is 23.5. The molecule has 0 fully saturated rings. The van der Waals surface area contributed by atoms with Crippen molar-refractivity contribution >= 4 is 5.97 Å². The van der Waals surface area contributed by atoms with Crippen molar-refractivity contribution in [2.75, 3.05) is 19.6 Å². The summed E-state index contributed by atoms with van der Waals surface area (Å²) in [6.07, 6.45) is 7.86. The number of carboxylic acid groups (broad SMARTS) is 1. The first-order valence-electron chi connectivity index (χ1n) is 8.45. The fourth-order valence-corrected chi connectivity index (χ4v) is 1.55. The molecular formula is C17H38NO2-. The van der Waals surface area contributed by atoms with Crippen LogP contribution in [-0.2, 0) is 4.79 Å². The van der Waals surface area contributed by atoms with Crippen LogP contribution in [0.15, 0.2) is 0 Å². The Morgan fingerprint density at radius 1 is 0.750 bits per heavy atom.